The molecule has 4 nitrogen and oxygen atoms in total. The molecule has 0 atom stereocenters. The number of aromatic nitrogens is 2. The van der Waals surface area contributed by atoms with Crippen molar-refractivity contribution in [1.29, 1.82) is 0 Å². The molecule has 4 aromatic rings. The SMILES string of the molecule is Clc1ccc(-c2cc(CCCN3CCN(c4ccc(Cl)cc4)CC3)nn2-c2ccccc2)cc1. The lowest BCUT2D eigenvalue weighted by atomic mass is 10.1. The second kappa shape index (κ2) is 10.6. The second-order valence-corrected chi connectivity index (χ2v) is 9.56. The summed E-state index contributed by atoms with van der Waals surface area (Å²) in [4.78, 5) is 4.99. The van der Waals surface area contributed by atoms with Gasteiger partial charge >= 0.3 is 0 Å². The predicted molar refractivity (Wildman–Crippen MR) is 142 cm³/mol. The van der Waals surface area contributed by atoms with Crippen LogP contribution in [0, 0.1) is 0 Å². The Morgan fingerprint density at radius 1 is 0.706 bits per heavy atom. The molecule has 1 aliphatic rings. The molecule has 0 bridgehead atoms. The molecule has 0 radical (unpaired) electrons. The molecule has 0 aliphatic carbocycles. The van der Waals surface area contributed by atoms with Gasteiger partial charge in [0.15, 0.2) is 0 Å². The lowest BCUT2D eigenvalue weighted by molar-refractivity contribution is 0.255. The Hall–Kier alpha value is -2.79. The first kappa shape index (κ1) is 23.0. The van der Waals surface area contributed by atoms with E-state index < -0.39 is 0 Å². The molecule has 0 unspecified atom stereocenters. The maximum Gasteiger partial charge on any atom is 0.0743 e. The minimum absolute atomic E-state index is 0.742. The first-order valence-electron chi connectivity index (χ1n) is 11.8. The van der Waals surface area contributed by atoms with Crippen molar-refractivity contribution in [2.24, 2.45) is 0 Å². The van der Waals surface area contributed by atoms with Crippen LogP contribution in [-0.4, -0.2) is 47.4 Å². The van der Waals surface area contributed by atoms with Crippen molar-refractivity contribution >= 4 is 28.9 Å². The zero-order chi connectivity index (χ0) is 23.3. The fraction of sp³-hybridized carbons (Fsp3) is 0.250. The molecule has 1 fully saturated rings. The first-order valence-corrected chi connectivity index (χ1v) is 12.5. The standard InChI is InChI=1S/C28H28Cl2N4/c29-23-10-8-22(9-11-23)28-21-25(31-34(28)27-6-2-1-3-7-27)5-4-16-32-17-19-33(20-18-32)26-14-12-24(30)13-15-26/h1-3,6-15,21H,4-5,16-20H2. The number of benzene rings is 3. The molecule has 0 N–H and O–H groups in total. The molecular formula is C28H28Cl2N4. The molecular weight excluding hydrogens is 463 g/mol. The predicted octanol–water partition coefficient (Wildman–Crippen LogP) is 6.60. The van der Waals surface area contributed by atoms with Crippen molar-refractivity contribution in [3.05, 3.63) is 101 Å². The number of hydrogen-bond acceptors (Lipinski definition) is 3. The Labute approximate surface area is 211 Å². The Kier molecular flexibility index (Phi) is 7.19. The van der Waals surface area contributed by atoms with Crippen LogP contribution >= 0.6 is 23.2 Å². The van der Waals surface area contributed by atoms with Crippen molar-refractivity contribution < 1.29 is 0 Å². The van der Waals surface area contributed by atoms with Crippen LogP contribution in [0.1, 0.15) is 12.1 Å². The third-order valence-electron chi connectivity index (χ3n) is 6.37. The van der Waals surface area contributed by atoms with Gasteiger partial charge in [-0.25, -0.2) is 4.68 Å². The number of nitrogens with zero attached hydrogens (tertiary/aromatic N) is 4. The van der Waals surface area contributed by atoms with Crippen molar-refractivity contribution in [3.8, 4) is 16.9 Å². The maximum atomic E-state index is 6.12. The largest absolute Gasteiger partial charge is 0.369 e. The quantitative estimate of drug-likeness (QED) is 0.291. The lowest BCUT2D eigenvalue weighted by Gasteiger charge is -2.36. The van der Waals surface area contributed by atoms with E-state index in [4.69, 9.17) is 28.3 Å². The van der Waals surface area contributed by atoms with Gasteiger partial charge in [0.2, 0.25) is 0 Å². The van der Waals surface area contributed by atoms with Crippen LogP contribution in [-0.2, 0) is 6.42 Å². The van der Waals surface area contributed by atoms with Crippen molar-refractivity contribution in [2.45, 2.75) is 12.8 Å². The Bertz CT molecular complexity index is 1200. The second-order valence-electron chi connectivity index (χ2n) is 8.68. The molecule has 6 heteroatoms. The van der Waals surface area contributed by atoms with E-state index in [1.54, 1.807) is 0 Å². The van der Waals surface area contributed by atoms with Crippen molar-refractivity contribution in [2.75, 3.05) is 37.6 Å². The average Bonchev–Trinajstić information content (AvgIpc) is 3.30. The molecule has 2 heterocycles. The van der Waals surface area contributed by atoms with Gasteiger partial charge in [-0.15, -0.1) is 0 Å². The van der Waals surface area contributed by atoms with E-state index in [0.29, 0.717) is 0 Å². The zero-order valence-electron chi connectivity index (χ0n) is 19.1. The molecule has 34 heavy (non-hydrogen) atoms. The van der Waals surface area contributed by atoms with Crippen molar-refractivity contribution in [1.82, 2.24) is 14.7 Å². The molecule has 0 amide bonds. The van der Waals surface area contributed by atoms with Gasteiger partial charge < -0.3 is 4.90 Å². The highest BCUT2D eigenvalue weighted by molar-refractivity contribution is 6.30. The van der Waals surface area contributed by atoms with E-state index in [-0.39, 0.29) is 0 Å². The highest BCUT2D eigenvalue weighted by Gasteiger charge is 2.17. The summed E-state index contributed by atoms with van der Waals surface area (Å²) < 4.78 is 2.05. The number of piperazine rings is 1. The summed E-state index contributed by atoms with van der Waals surface area (Å²) in [5.74, 6) is 0. The van der Waals surface area contributed by atoms with E-state index in [1.807, 2.05) is 47.1 Å². The fourth-order valence-corrected chi connectivity index (χ4v) is 4.76. The van der Waals surface area contributed by atoms with Gasteiger partial charge in [-0.3, -0.25) is 4.90 Å². The summed E-state index contributed by atoms with van der Waals surface area (Å²) in [7, 11) is 0. The normalized spacial score (nSPS) is 14.5. The third kappa shape index (κ3) is 5.47. The highest BCUT2D eigenvalue weighted by Crippen LogP contribution is 2.26. The summed E-state index contributed by atoms with van der Waals surface area (Å²) in [5, 5.41) is 6.50. The van der Waals surface area contributed by atoms with Gasteiger partial charge in [-0.1, -0.05) is 53.5 Å². The minimum Gasteiger partial charge on any atom is -0.369 e. The highest BCUT2D eigenvalue weighted by atomic mass is 35.5. The van der Waals surface area contributed by atoms with Gasteiger partial charge in [0, 0.05) is 47.5 Å². The van der Waals surface area contributed by atoms with Crippen LogP contribution in [0.4, 0.5) is 5.69 Å². The Morgan fingerprint density at radius 2 is 1.35 bits per heavy atom. The minimum atomic E-state index is 0.742. The topological polar surface area (TPSA) is 24.3 Å². The summed E-state index contributed by atoms with van der Waals surface area (Å²) >= 11 is 12.1. The fourth-order valence-electron chi connectivity index (χ4n) is 4.51. The van der Waals surface area contributed by atoms with Crippen LogP contribution in [0.25, 0.3) is 16.9 Å². The van der Waals surface area contributed by atoms with Gasteiger partial charge in [0.1, 0.15) is 0 Å². The lowest BCUT2D eigenvalue weighted by Crippen LogP contribution is -2.46. The molecule has 3 aromatic carbocycles. The molecule has 1 saturated heterocycles. The molecule has 1 aromatic heterocycles. The van der Waals surface area contributed by atoms with Gasteiger partial charge in [-0.2, -0.15) is 5.10 Å². The van der Waals surface area contributed by atoms with Gasteiger partial charge in [0.05, 0.1) is 17.1 Å². The van der Waals surface area contributed by atoms with E-state index in [0.717, 1.165) is 78.2 Å². The summed E-state index contributed by atoms with van der Waals surface area (Å²) in [5.41, 5.74) is 5.65. The monoisotopic (exact) mass is 490 g/mol. The molecule has 174 valence electrons. The Morgan fingerprint density at radius 3 is 2.03 bits per heavy atom. The zero-order valence-corrected chi connectivity index (χ0v) is 20.6. The summed E-state index contributed by atoms with van der Waals surface area (Å²) in [6, 6.07) is 28.7. The van der Waals surface area contributed by atoms with Crippen LogP contribution in [0.3, 0.4) is 0 Å². The number of para-hydroxylation sites is 1. The Balaban J connectivity index is 1.21. The number of hydrogen-bond donors (Lipinski definition) is 0. The first-order chi connectivity index (χ1) is 16.7. The van der Waals surface area contributed by atoms with Gasteiger partial charge in [0.25, 0.3) is 0 Å². The molecule has 1 aliphatic heterocycles. The van der Waals surface area contributed by atoms with Gasteiger partial charge in [-0.05, 0) is 74.0 Å². The molecule has 0 spiro atoms. The maximum absolute atomic E-state index is 6.12. The average molecular weight is 491 g/mol. The summed E-state index contributed by atoms with van der Waals surface area (Å²) in [6.45, 7) is 5.34. The van der Waals surface area contributed by atoms with E-state index in [2.05, 4.69) is 52.3 Å². The molecule has 0 saturated carbocycles. The van der Waals surface area contributed by atoms with Crippen LogP contribution < -0.4 is 4.90 Å². The van der Waals surface area contributed by atoms with Crippen LogP contribution in [0.15, 0.2) is 84.9 Å². The number of halogens is 2. The van der Waals surface area contributed by atoms with E-state index >= 15 is 0 Å². The van der Waals surface area contributed by atoms with Crippen LogP contribution in [0.5, 0.6) is 0 Å². The molecule has 5 rings (SSSR count). The number of anilines is 1. The van der Waals surface area contributed by atoms with E-state index in [1.165, 1.54) is 5.69 Å². The number of aryl methyl sites for hydroxylation is 1. The number of rotatable bonds is 7. The smallest absolute Gasteiger partial charge is 0.0743 e. The van der Waals surface area contributed by atoms with Crippen molar-refractivity contribution in [3.63, 3.8) is 0 Å². The van der Waals surface area contributed by atoms with E-state index in [9.17, 15) is 0 Å². The summed E-state index contributed by atoms with van der Waals surface area (Å²) in [6.07, 6.45) is 2.05. The van der Waals surface area contributed by atoms with Crippen LogP contribution in [0.2, 0.25) is 10.0 Å². The third-order valence-corrected chi connectivity index (χ3v) is 6.88.